The van der Waals surface area contributed by atoms with E-state index in [4.69, 9.17) is 0 Å². The van der Waals surface area contributed by atoms with Gasteiger partial charge in [0.05, 0.1) is 0 Å². The van der Waals surface area contributed by atoms with Crippen molar-refractivity contribution in [3.63, 3.8) is 0 Å². The van der Waals surface area contributed by atoms with Gasteiger partial charge >= 0.3 is 5.97 Å². The number of benzene rings is 2. The molecule has 0 heterocycles. The third kappa shape index (κ3) is 1.25. The molecule has 1 aliphatic rings. The van der Waals surface area contributed by atoms with Crippen LogP contribution < -0.4 is 0 Å². The van der Waals surface area contributed by atoms with Crippen molar-refractivity contribution in [1.82, 2.24) is 0 Å². The predicted octanol–water partition coefficient (Wildman–Crippen LogP) is 2.59. The van der Waals surface area contributed by atoms with Crippen LogP contribution in [0.25, 0.3) is 11.1 Å². The summed E-state index contributed by atoms with van der Waals surface area (Å²) in [6.07, 6.45) is 0. The van der Waals surface area contributed by atoms with Gasteiger partial charge in [0.25, 0.3) is 0 Å². The number of phenolic OH excluding ortho intramolecular Hbond substituents is 1. The molecule has 0 amide bonds. The Morgan fingerprint density at radius 2 is 1.71 bits per heavy atom. The number of aromatic hydroxyl groups is 1. The molecule has 0 fully saturated rings. The molecular weight excluding hydrogens is 216 g/mol. The second-order valence-electron chi connectivity index (χ2n) is 4.10. The van der Waals surface area contributed by atoms with Gasteiger partial charge in [0.1, 0.15) is 11.7 Å². The maximum absolute atomic E-state index is 11.4. The smallest absolute Gasteiger partial charge is 0.315 e. The van der Waals surface area contributed by atoms with E-state index < -0.39 is 11.9 Å². The number of aliphatic carboxylic acids is 1. The third-order valence-electron chi connectivity index (χ3n) is 3.18. The first-order valence-electron chi connectivity index (χ1n) is 5.34. The molecule has 3 nitrogen and oxygen atoms in total. The number of hydrogen-bond acceptors (Lipinski definition) is 2. The molecule has 2 N–H and O–H groups in total. The quantitative estimate of drug-likeness (QED) is 0.785. The number of rotatable bonds is 1. The highest BCUT2D eigenvalue weighted by atomic mass is 16.4. The molecule has 3 heteroatoms. The van der Waals surface area contributed by atoms with Crippen molar-refractivity contribution in [3.8, 4) is 16.9 Å². The van der Waals surface area contributed by atoms with E-state index in [1.54, 1.807) is 12.1 Å². The van der Waals surface area contributed by atoms with Crippen LogP contribution in [0, 0.1) is 0 Å². The van der Waals surface area contributed by atoms with Crippen molar-refractivity contribution in [1.29, 1.82) is 0 Å². The molecule has 0 radical (unpaired) electrons. The Labute approximate surface area is 98.0 Å². The molecule has 1 atom stereocenters. The Morgan fingerprint density at radius 3 is 2.47 bits per heavy atom. The summed E-state index contributed by atoms with van der Waals surface area (Å²) in [6.45, 7) is 0. The summed E-state index contributed by atoms with van der Waals surface area (Å²) < 4.78 is 0. The van der Waals surface area contributed by atoms with E-state index in [-0.39, 0.29) is 5.75 Å². The van der Waals surface area contributed by atoms with E-state index >= 15 is 0 Å². The van der Waals surface area contributed by atoms with Crippen molar-refractivity contribution in [2.75, 3.05) is 0 Å². The van der Waals surface area contributed by atoms with Crippen molar-refractivity contribution in [2.45, 2.75) is 5.92 Å². The van der Waals surface area contributed by atoms with Gasteiger partial charge in [-0.3, -0.25) is 4.79 Å². The maximum Gasteiger partial charge on any atom is 0.315 e. The molecule has 17 heavy (non-hydrogen) atoms. The number of hydrogen-bond donors (Lipinski definition) is 2. The van der Waals surface area contributed by atoms with E-state index in [1.165, 1.54) is 6.07 Å². The zero-order chi connectivity index (χ0) is 12.0. The van der Waals surface area contributed by atoms with Gasteiger partial charge in [0.15, 0.2) is 0 Å². The average molecular weight is 226 g/mol. The van der Waals surface area contributed by atoms with Crippen molar-refractivity contribution in [3.05, 3.63) is 53.6 Å². The zero-order valence-corrected chi connectivity index (χ0v) is 8.92. The van der Waals surface area contributed by atoms with Crippen LogP contribution in [0.4, 0.5) is 0 Å². The summed E-state index contributed by atoms with van der Waals surface area (Å²) in [4.78, 5) is 11.4. The average Bonchev–Trinajstić information content (AvgIpc) is 2.65. The number of carboxylic acid groups (broad SMARTS) is 1. The van der Waals surface area contributed by atoms with Crippen LogP contribution in [0.1, 0.15) is 17.0 Å². The first kappa shape index (κ1) is 9.90. The summed E-state index contributed by atoms with van der Waals surface area (Å²) in [7, 11) is 0. The molecule has 3 rings (SSSR count). The summed E-state index contributed by atoms with van der Waals surface area (Å²) in [6, 6.07) is 12.5. The van der Waals surface area contributed by atoms with E-state index in [9.17, 15) is 15.0 Å². The maximum atomic E-state index is 11.4. The molecule has 0 saturated heterocycles. The molecule has 2 aromatic rings. The first-order valence-corrected chi connectivity index (χ1v) is 5.34. The minimum Gasteiger partial charge on any atom is -0.508 e. The zero-order valence-electron chi connectivity index (χ0n) is 8.92. The third-order valence-corrected chi connectivity index (χ3v) is 3.18. The highest BCUT2D eigenvalue weighted by Crippen LogP contribution is 2.48. The van der Waals surface area contributed by atoms with Gasteiger partial charge in [-0.2, -0.15) is 0 Å². The van der Waals surface area contributed by atoms with Gasteiger partial charge in [0.2, 0.25) is 0 Å². The Kier molecular flexibility index (Phi) is 1.95. The lowest BCUT2D eigenvalue weighted by atomic mass is 9.96. The highest BCUT2D eigenvalue weighted by molar-refractivity contribution is 5.94. The Bertz CT molecular complexity index is 617. The first-order chi connectivity index (χ1) is 8.20. The lowest BCUT2D eigenvalue weighted by molar-refractivity contribution is -0.137. The van der Waals surface area contributed by atoms with Crippen LogP contribution in [0.2, 0.25) is 0 Å². The predicted molar refractivity (Wildman–Crippen MR) is 63.0 cm³/mol. The highest BCUT2D eigenvalue weighted by Gasteiger charge is 2.35. The van der Waals surface area contributed by atoms with E-state index in [0.717, 1.165) is 16.7 Å². The van der Waals surface area contributed by atoms with Gasteiger partial charge in [0, 0.05) is 5.56 Å². The SMILES string of the molecule is O=C(O)C1c2ccccc2-c2cccc(O)c21. The topological polar surface area (TPSA) is 57.5 Å². The molecule has 0 spiro atoms. The largest absolute Gasteiger partial charge is 0.508 e. The van der Waals surface area contributed by atoms with Crippen LogP contribution in [0.3, 0.4) is 0 Å². The van der Waals surface area contributed by atoms with Gasteiger partial charge < -0.3 is 10.2 Å². The van der Waals surface area contributed by atoms with Crippen molar-refractivity contribution in [2.24, 2.45) is 0 Å². The second-order valence-corrected chi connectivity index (χ2v) is 4.10. The number of carbonyl (C=O) groups is 1. The number of fused-ring (bicyclic) bond motifs is 3. The fourth-order valence-electron chi connectivity index (χ4n) is 2.50. The van der Waals surface area contributed by atoms with Gasteiger partial charge in [-0.05, 0) is 22.8 Å². The Balaban J connectivity index is 2.38. The molecule has 0 aromatic heterocycles. The number of carboxylic acids is 1. The van der Waals surface area contributed by atoms with Gasteiger partial charge in [-0.25, -0.2) is 0 Å². The van der Waals surface area contributed by atoms with Gasteiger partial charge in [-0.15, -0.1) is 0 Å². The van der Waals surface area contributed by atoms with Gasteiger partial charge in [-0.1, -0.05) is 36.4 Å². The molecule has 0 aliphatic heterocycles. The number of phenols is 1. The Morgan fingerprint density at radius 1 is 1.00 bits per heavy atom. The summed E-state index contributed by atoms with van der Waals surface area (Å²) in [5.74, 6) is -1.65. The minimum atomic E-state index is -0.933. The van der Waals surface area contributed by atoms with Crippen molar-refractivity contribution >= 4 is 5.97 Å². The summed E-state index contributed by atoms with van der Waals surface area (Å²) in [5.41, 5.74) is 2.96. The normalized spacial score (nSPS) is 16.4. The van der Waals surface area contributed by atoms with E-state index in [0.29, 0.717) is 5.56 Å². The minimum absolute atomic E-state index is 0.0473. The van der Waals surface area contributed by atoms with Crippen LogP contribution in [0.15, 0.2) is 42.5 Å². The monoisotopic (exact) mass is 226 g/mol. The summed E-state index contributed by atoms with van der Waals surface area (Å²) in [5, 5.41) is 19.2. The molecule has 0 saturated carbocycles. The van der Waals surface area contributed by atoms with Crippen LogP contribution >= 0.6 is 0 Å². The lowest BCUT2D eigenvalue weighted by Gasteiger charge is -2.08. The Hall–Kier alpha value is -2.29. The standard InChI is InChI=1S/C14H10O3/c15-11-7-3-6-9-8-4-1-2-5-10(8)13(12(9)11)14(16)17/h1-7,13,15H,(H,16,17). The molecule has 84 valence electrons. The molecule has 1 aliphatic carbocycles. The van der Waals surface area contributed by atoms with Crippen LogP contribution in [-0.4, -0.2) is 16.2 Å². The molecule has 1 unspecified atom stereocenters. The van der Waals surface area contributed by atoms with Crippen LogP contribution in [0.5, 0.6) is 5.75 Å². The molecule has 0 bridgehead atoms. The fraction of sp³-hybridized carbons (Fsp3) is 0.0714. The van der Waals surface area contributed by atoms with Crippen molar-refractivity contribution < 1.29 is 15.0 Å². The van der Waals surface area contributed by atoms with Crippen LogP contribution in [-0.2, 0) is 4.79 Å². The summed E-state index contributed by atoms with van der Waals surface area (Å²) >= 11 is 0. The second kappa shape index (κ2) is 3.35. The lowest BCUT2D eigenvalue weighted by Crippen LogP contribution is -2.10. The fourth-order valence-corrected chi connectivity index (χ4v) is 2.50. The van der Waals surface area contributed by atoms with E-state index in [2.05, 4.69) is 0 Å². The molecular formula is C14H10O3. The van der Waals surface area contributed by atoms with E-state index in [1.807, 2.05) is 24.3 Å². The molecule has 2 aromatic carbocycles.